The third-order valence-electron chi connectivity index (χ3n) is 4.63. The molecule has 5 heteroatoms. The predicted molar refractivity (Wildman–Crippen MR) is 110 cm³/mol. The summed E-state index contributed by atoms with van der Waals surface area (Å²) in [4.78, 5) is 6.94. The molecular formula is C21H36N4O. The van der Waals surface area contributed by atoms with Crippen molar-refractivity contribution in [3.05, 3.63) is 29.8 Å². The van der Waals surface area contributed by atoms with Gasteiger partial charge in [-0.3, -0.25) is 4.99 Å². The summed E-state index contributed by atoms with van der Waals surface area (Å²) in [7, 11) is 1.84. The van der Waals surface area contributed by atoms with Crippen molar-refractivity contribution in [1.82, 2.24) is 15.5 Å². The van der Waals surface area contributed by atoms with Crippen molar-refractivity contribution in [3.63, 3.8) is 0 Å². The molecule has 1 aromatic carbocycles. The molecule has 0 aliphatic carbocycles. The van der Waals surface area contributed by atoms with Crippen LogP contribution in [-0.2, 0) is 6.54 Å². The van der Waals surface area contributed by atoms with Gasteiger partial charge in [0.25, 0.3) is 0 Å². The first-order valence-corrected chi connectivity index (χ1v) is 10.0. The van der Waals surface area contributed by atoms with E-state index in [1.54, 1.807) is 0 Å². The average molecular weight is 361 g/mol. The van der Waals surface area contributed by atoms with Gasteiger partial charge >= 0.3 is 0 Å². The van der Waals surface area contributed by atoms with Gasteiger partial charge < -0.3 is 20.3 Å². The molecule has 0 radical (unpaired) electrons. The second-order valence-corrected chi connectivity index (χ2v) is 7.54. The van der Waals surface area contributed by atoms with Gasteiger partial charge in [-0.15, -0.1) is 0 Å². The fourth-order valence-electron chi connectivity index (χ4n) is 3.20. The number of rotatable bonds is 8. The number of nitrogens with one attached hydrogen (secondary N) is 2. The molecule has 0 saturated carbocycles. The van der Waals surface area contributed by atoms with Gasteiger partial charge in [0.15, 0.2) is 5.96 Å². The number of benzene rings is 1. The number of ether oxygens (including phenoxy) is 1. The number of guanidine groups is 1. The van der Waals surface area contributed by atoms with Crippen LogP contribution in [0, 0.1) is 5.92 Å². The predicted octanol–water partition coefficient (Wildman–Crippen LogP) is 3.26. The minimum Gasteiger partial charge on any atom is -0.493 e. The Morgan fingerprint density at radius 1 is 1.31 bits per heavy atom. The van der Waals surface area contributed by atoms with Crippen LogP contribution in [0.1, 0.15) is 45.6 Å². The maximum absolute atomic E-state index is 5.81. The first-order valence-electron chi connectivity index (χ1n) is 10.0. The molecule has 0 amide bonds. The lowest BCUT2D eigenvalue weighted by molar-refractivity contribution is 0.206. The molecule has 146 valence electrons. The fourth-order valence-corrected chi connectivity index (χ4v) is 3.20. The topological polar surface area (TPSA) is 48.9 Å². The zero-order valence-corrected chi connectivity index (χ0v) is 16.9. The maximum atomic E-state index is 5.81. The summed E-state index contributed by atoms with van der Waals surface area (Å²) >= 11 is 0. The van der Waals surface area contributed by atoms with E-state index in [1.807, 2.05) is 19.2 Å². The van der Waals surface area contributed by atoms with Gasteiger partial charge in [-0.2, -0.15) is 0 Å². The smallest absolute Gasteiger partial charge is 0.191 e. The third-order valence-corrected chi connectivity index (χ3v) is 4.63. The van der Waals surface area contributed by atoms with Crippen molar-refractivity contribution in [2.45, 2.75) is 52.6 Å². The zero-order valence-electron chi connectivity index (χ0n) is 16.9. The molecule has 0 aromatic heterocycles. The van der Waals surface area contributed by atoms with Crippen LogP contribution in [0.2, 0.25) is 0 Å². The van der Waals surface area contributed by atoms with Crippen LogP contribution < -0.4 is 15.4 Å². The van der Waals surface area contributed by atoms with Crippen molar-refractivity contribution in [2.24, 2.45) is 10.9 Å². The van der Waals surface area contributed by atoms with Gasteiger partial charge in [-0.05, 0) is 49.4 Å². The van der Waals surface area contributed by atoms with Gasteiger partial charge in [0.2, 0.25) is 0 Å². The van der Waals surface area contributed by atoms with Crippen LogP contribution in [0.15, 0.2) is 29.3 Å². The lowest BCUT2D eigenvalue weighted by Crippen LogP contribution is -2.48. The Kier molecular flexibility index (Phi) is 8.75. The number of likely N-dealkylation sites (tertiary alicyclic amines) is 1. The van der Waals surface area contributed by atoms with Crippen molar-refractivity contribution in [2.75, 3.05) is 33.3 Å². The van der Waals surface area contributed by atoms with Crippen LogP contribution in [0.25, 0.3) is 0 Å². The first-order chi connectivity index (χ1) is 12.6. The Bertz CT molecular complexity index is 551. The molecule has 5 nitrogen and oxygen atoms in total. The number of hydrogen-bond donors (Lipinski definition) is 2. The van der Waals surface area contributed by atoms with Gasteiger partial charge in [-0.25, -0.2) is 0 Å². The van der Waals surface area contributed by atoms with Crippen molar-refractivity contribution < 1.29 is 4.74 Å². The zero-order chi connectivity index (χ0) is 18.8. The Balaban J connectivity index is 1.77. The molecule has 1 saturated heterocycles. The summed E-state index contributed by atoms with van der Waals surface area (Å²) in [5.74, 6) is 2.35. The van der Waals surface area contributed by atoms with Gasteiger partial charge in [-0.1, -0.05) is 32.9 Å². The minimum absolute atomic E-state index is 0.509. The van der Waals surface area contributed by atoms with Crippen LogP contribution in [0.3, 0.4) is 0 Å². The molecule has 1 aliphatic rings. The summed E-state index contributed by atoms with van der Waals surface area (Å²) < 4.78 is 5.81. The van der Waals surface area contributed by atoms with Gasteiger partial charge in [0, 0.05) is 32.7 Å². The second-order valence-electron chi connectivity index (χ2n) is 7.54. The SMILES string of the molecule is CCCN1CCC(NC(=NC)NCc2cccc(OCC(C)C)c2)CC1. The molecule has 1 fully saturated rings. The molecule has 0 unspecified atom stereocenters. The molecule has 1 aliphatic heterocycles. The summed E-state index contributed by atoms with van der Waals surface area (Å²) in [6, 6.07) is 8.79. The van der Waals surface area contributed by atoms with Crippen LogP contribution in [0.4, 0.5) is 0 Å². The minimum atomic E-state index is 0.509. The number of nitrogens with zero attached hydrogens (tertiary/aromatic N) is 2. The summed E-state index contributed by atoms with van der Waals surface area (Å²) in [6.45, 7) is 11.6. The van der Waals surface area contributed by atoms with E-state index in [9.17, 15) is 0 Å². The Morgan fingerprint density at radius 3 is 2.73 bits per heavy atom. The summed E-state index contributed by atoms with van der Waals surface area (Å²) in [5, 5.41) is 7.01. The molecule has 2 rings (SSSR count). The Labute approximate surface area is 159 Å². The van der Waals surface area contributed by atoms with E-state index in [1.165, 1.54) is 44.5 Å². The lowest BCUT2D eigenvalue weighted by atomic mass is 10.1. The van der Waals surface area contributed by atoms with Crippen molar-refractivity contribution in [1.29, 1.82) is 0 Å². The molecule has 0 bridgehead atoms. The standard InChI is InChI=1S/C21H36N4O/c1-5-11-25-12-9-19(10-13-25)24-21(22-4)23-15-18-7-6-8-20(14-18)26-16-17(2)3/h6-8,14,17,19H,5,9-13,15-16H2,1-4H3,(H2,22,23,24). The van der Waals surface area contributed by atoms with Crippen LogP contribution in [0.5, 0.6) is 5.75 Å². The molecule has 26 heavy (non-hydrogen) atoms. The molecule has 1 aromatic rings. The van der Waals surface area contributed by atoms with Crippen LogP contribution >= 0.6 is 0 Å². The second kappa shape index (κ2) is 11.1. The van der Waals surface area contributed by atoms with Crippen LogP contribution in [-0.4, -0.2) is 50.2 Å². The highest BCUT2D eigenvalue weighted by atomic mass is 16.5. The van der Waals surface area contributed by atoms with E-state index >= 15 is 0 Å². The third kappa shape index (κ3) is 7.24. The Morgan fingerprint density at radius 2 is 2.08 bits per heavy atom. The fraction of sp³-hybridized carbons (Fsp3) is 0.667. The van der Waals surface area contributed by atoms with E-state index in [-0.39, 0.29) is 0 Å². The van der Waals surface area contributed by atoms with E-state index in [4.69, 9.17) is 4.74 Å². The van der Waals surface area contributed by atoms with Crippen molar-refractivity contribution >= 4 is 5.96 Å². The Hall–Kier alpha value is -1.75. The van der Waals surface area contributed by atoms with Crippen molar-refractivity contribution in [3.8, 4) is 5.75 Å². The quantitative estimate of drug-likeness (QED) is 0.552. The van der Waals surface area contributed by atoms with Gasteiger partial charge in [0.05, 0.1) is 6.61 Å². The van der Waals surface area contributed by atoms with E-state index in [2.05, 4.69) is 53.4 Å². The van der Waals surface area contributed by atoms with E-state index in [0.29, 0.717) is 12.0 Å². The first kappa shape index (κ1) is 20.6. The average Bonchev–Trinajstić information content (AvgIpc) is 2.65. The summed E-state index contributed by atoms with van der Waals surface area (Å²) in [5.41, 5.74) is 1.20. The lowest BCUT2D eigenvalue weighted by Gasteiger charge is -2.32. The highest BCUT2D eigenvalue weighted by molar-refractivity contribution is 5.79. The molecule has 0 spiro atoms. The highest BCUT2D eigenvalue weighted by Crippen LogP contribution is 2.14. The normalized spacial score (nSPS) is 16.7. The molecule has 2 N–H and O–H groups in total. The monoisotopic (exact) mass is 360 g/mol. The number of piperidine rings is 1. The molecular weight excluding hydrogens is 324 g/mol. The largest absolute Gasteiger partial charge is 0.493 e. The molecule has 1 heterocycles. The van der Waals surface area contributed by atoms with E-state index in [0.717, 1.165) is 24.9 Å². The maximum Gasteiger partial charge on any atom is 0.191 e. The number of aliphatic imine (C=N–C) groups is 1. The number of hydrogen-bond acceptors (Lipinski definition) is 3. The molecule has 0 atom stereocenters. The highest BCUT2D eigenvalue weighted by Gasteiger charge is 2.19. The summed E-state index contributed by atoms with van der Waals surface area (Å²) in [6.07, 6.45) is 3.60. The van der Waals surface area contributed by atoms with Gasteiger partial charge in [0.1, 0.15) is 5.75 Å². The van der Waals surface area contributed by atoms with E-state index < -0.39 is 0 Å².